The zero-order valence-corrected chi connectivity index (χ0v) is 22.9. The molecular formula is C29H56O6. The molecule has 0 fully saturated rings. The second-order valence-corrected chi connectivity index (χ2v) is 9.12. The number of carbonyl (C=O) groups is 1. The minimum absolute atomic E-state index is 0.230. The van der Waals surface area contributed by atoms with Gasteiger partial charge in [0.25, 0.3) is 0 Å². The molecule has 0 aromatic carbocycles. The van der Waals surface area contributed by atoms with Crippen molar-refractivity contribution in [1.29, 1.82) is 0 Å². The summed E-state index contributed by atoms with van der Waals surface area (Å²) >= 11 is 0. The maximum atomic E-state index is 10.8. The Morgan fingerprint density at radius 3 is 1.17 bits per heavy atom. The predicted octanol–water partition coefficient (Wildman–Crippen LogP) is 7.04. The van der Waals surface area contributed by atoms with Crippen LogP contribution in [0.3, 0.4) is 0 Å². The Bertz CT molecular complexity index is 429. The maximum absolute atomic E-state index is 10.8. The molecule has 0 aliphatic carbocycles. The Balaban J connectivity index is 3.03. The normalized spacial score (nSPS) is 11.1. The van der Waals surface area contributed by atoms with Crippen molar-refractivity contribution in [3.05, 3.63) is 12.7 Å². The standard InChI is InChI=1S/C29H56O6/c1-3-5-6-7-8-9-10-11-12-13-14-15-16-17-18-19-20-31-21-22-32-23-24-33-25-26-34-27-28-35-29(30)4-2/h4H,2-3,5-28H2,1H3. The first-order valence-electron chi connectivity index (χ1n) is 14.4. The zero-order chi connectivity index (χ0) is 25.5. The molecule has 0 saturated carbocycles. The van der Waals surface area contributed by atoms with E-state index in [9.17, 15) is 4.79 Å². The third kappa shape index (κ3) is 31.0. The van der Waals surface area contributed by atoms with Crippen molar-refractivity contribution in [3.8, 4) is 0 Å². The summed E-state index contributed by atoms with van der Waals surface area (Å²) in [7, 11) is 0. The van der Waals surface area contributed by atoms with E-state index < -0.39 is 5.97 Å². The number of hydrogen-bond acceptors (Lipinski definition) is 6. The van der Waals surface area contributed by atoms with Crippen LogP contribution in [0.2, 0.25) is 0 Å². The third-order valence-corrected chi connectivity index (χ3v) is 5.90. The second-order valence-electron chi connectivity index (χ2n) is 9.12. The predicted molar refractivity (Wildman–Crippen MR) is 144 cm³/mol. The van der Waals surface area contributed by atoms with Crippen LogP contribution in [-0.4, -0.2) is 65.4 Å². The highest BCUT2D eigenvalue weighted by atomic mass is 16.6. The van der Waals surface area contributed by atoms with Gasteiger partial charge in [-0.15, -0.1) is 0 Å². The molecule has 0 unspecified atom stereocenters. The SMILES string of the molecule is C=CC(=O)OCCOCCOCCOCCOCCCCCCCCCCCCCCCCCC. The molecule has 6 nitrogen and oxygen atoms in total. The number of unbranched alkanes of at least 4 members (excludes halogenated alkanes) is 15. The highest BCUT2D eigenvalue weighted by molar-refractivity contribution is 5.81. The van der Waals surface area contributed by atoms with E-state index in [-0.39, 0.29) is 6.61 Å². The molecule has 0 aliphatic heterocycles. The van der Waals surface area contributed by atoms with Gasteiger partial charge in [-0.3, -0.25) is 0 Å². The van der Waals surface area contributed by atoms with Crippen LogP contribution in [0.25, 0.3) is 0 Å². The summed E-state index contributed by atoms with van der Waals surface area (Å²) in [5.41, 5.74) is 0. The first-order valence-corrected chi connectivity index (χ1v) is 14.4. The molecule has 208 valence electrons. The molecule has 0 aromatic rings. The smallest absolute Gasteiger partial charge is 0.330 e. The first kappa shape index (κ1) is 34.0. The zero-order valence-electron chi connectivity index (χ0n) is 22.9. The van der Waals surface area contributed by atoms with Crippen molar-refractivity contribution in [3.63, 3.8) is 0 Å². The topological polar surface area (TPSA) is 63.2 Å². The molecule has 0 aliphatic rings. The fraction of sp³-hybridized carbons (Fsp3) is 0.897. The minimum atomic E-state index is -0.434. The highest BCUT2D eigenvalue weighted by Gasteiger charge is 1.97. The summed E-state index contributed by atoms with van der Waals surface area (Å²) in [6.07, 6.45) is 23.3. The Kier molecular flexibility index (Phi) is 30.2. The van der Waals surface area contributed by atoms with Gasteiger partial charge in [-0.05, 0) is 6.42 Å². The van der Waals surface area contributed by atoms with Gasteiger partial charge in [0.15, 0.2) is 0 Å². The summed E-state index contributed by atoms with van der Waals surface area (Å²) in [5.74, 6) is -0.434. The van der Waals surface area contributed by atoms with Crippen molar-refractivity contribution in [2.75, 3.05) is 59.5 Å². The van der Waals surface area contributed by atoms with E-state index in [1.807, 2.05) is 0 Å². The van der Waals surface area contributed by atoms with Crippen molar-refractivity contribution in [1.82, 2.24) is 0 Å². The average Bonchev–Trinajstić information content (AvgIpc) is 2.87. The molecule has 0 spiro atoms. The summed E-state index contributed by atoms with van der Waals surface area (Å²) < 4.78 is 26.6. The van der Waals surface area contributed by atoms with E-state index in [1.165, 1.54) is 96.3 Å². The molecule has 0 N–H and O–H groups in total. The average molecular weight is 501 g/mol. The fourth-order valence-electron chi connectivity index (χ4n) is 3.77. The number of rotatable bonds is 30. The second kappa shape index (κ2) is 31.1. The maximum Gasteiger partial charge on any atom is 0.330 e. The molecule has 0 saturated heterocycles. The number of carbonyl (C=O) groups excluding carboxylic acids is 1. The molecule has 0 radical (unpaired) electrons. The Morgan fingerprint density at radius 2 is 0.800 bits per heavy atom. The van der Waals surface area contributed by atoms with Crippen molar-refractivity contribution in [2.45, 2.75) is 110 Å². The van der Waals surface area contributed by atoms with Crippen LogP contribution in [0.5, 0.6) is 0 Å². The van der Waals surface area contributed by atoms with Crippen molar-refractivity contribution >= 4 is 5.97 Å². The van der Waals surface area contributed by atoms with E-state index in [4.69, 9.17) is 23.7 Å². The fourth-order valence-corrected chi connectivity index (χ4v) is 3.77. The largest absolute Gasteiger partial charge is 0.460 e. The lowest BCUT2D eigenvalue weighted by atomic mass is 10.0. The lowest BCUT2D eigenvalue weighted by molar-refractivity contribution is -0.139. The molecule has 0 aromatic heterocycles. The first-order chi connectivity index (χ1) is 17.3. The molecule has 0 atom stereocenters. The van der Waals surface area contributed by atoms with Gasteiger partial charge in [-0.25, -0.2) is 4.79 Å². The van der Waals surface area contributed by atoms with Gasteiger partial charge in [-0.2, -0.15) is 0 Å². The van der Waals surface area contributed by atoms with Gasteiger partial charge in [0.05, 0.1) is 46.2 Å². The van der Waals surface area contributed by atoms with E-state index in [1.54, 1.807) is 0 Å². The monoisotopic (exact) mass is 500 g/mol. The number of ether oxygens (including phenoxy) is 5. The molecule has 0 heterocycles. The number of hydrogen-bond donors (Lipinski definition) is 0. The van der Waals surface area contributed by atoms with Gasteiger partial charge in [0.1, 0.15) is 6.61 Å². The summed E-state index contributed by atoms with van der Waals surface area (Å²) in [4.78, 5) is 10.8. The Labute approximate surface area is 216 Å². The summed E-state index contributed by atoms with van der Waals surface area (Å²) in [6.45, 7) is 10.3. The highest BCUT2D eigenvalue weighted by Crippen LogP contribution is 2.13. The summed E-state index contributed by atoms with van der Waals surface area (Å²) in [5, 5.41) is 0. The van der Waals surface area contributed by atoms with Gasteiger partial charge in [0.2, 0.25) is 0 Å². The summed E-state index contributed by atoms with van der Waals surface area (Å²) in [6, 6.07) is 0. The number of esters is 1. The van der Waals surface area contributed by atoms with Gasteiger partial charge < -0.3 is 23.7 Å². The van der Waals surface area contributed by atoms with E-state index in [0.717, 1.165) is 19.1 Å². The molecule has 0 amide bonds. The molecular weight excluding hydrogens is 444 g/mol. The Hall–Kier alpha value is -0.950. The van der Waals surface area contributed by atoms with Crippen LogP contribution >= 0.6 is 0 Å². The van der Waals surface area contributed by atoms with E-state index in [0.29, 0.717) is 46.2 Å². The Morgan fingerprint density at radius 1 is 0.486 bits per heavy atom. The molecule has 35 heavy (non-hydrogen) atoms. The van der Waals surface area contributed by atoms with Gasteiger partial charge >= 0.3 is 5.97 Å². The van der Waals surface area contributed by atoms with Gasteiger partial charge in [-0.1, -0.05) is 110 Å². The van der Waals surface area contributed by atoms with Gasteiger partial charge in [0, 0.05) is 12.7 Å². The van der Waals surface area contributed by atoms with E-state index in [2.05, 4.69) is 13.5 Å². The van der Waals surface area contributed by atoms with Crippen molar-refractivity contribution in [2.24, 2.45) is 0 Å². The van der Waals surface area contributed by atoms with Crippen LogP contribution < -0.4 is 0 Å². The van der Waals surface area contributed by atoms with Crippen LogP contribution in [0.1, 0.15) is 110 Å². The quantitative estimate of drug-likeness (QED) is 0.0598. The molecule has 0 bridgehead atoms. The van der Waals surface area contributed by atoms with Crippen LogP contribution in [0.15, 0.2) is 12.7 Å². The minimum Gasteiger partial charge on any atom is -0.460 e. The van der Waals surface area contributed by atoms with Crippen LogP contribution in [0.4, 0.5) is 0 Å². The van der Waals surface area contributed by atoms with Crippen molar-refractivity contribution < 1.29 is 28.5 Å². The lowest BCUT2D eigenvalue weighted by Gasteiger charge is -2.08. The van der Waals surface area contributed by atoms with E-state index >= 15 is 0 Å². The molecule has 0 rings (SSSR count). The van der Waals surface area contributed by atoms with Crippen LogP contribution in [-0.2, 0) is 28.5 Å². The van der Waals surface area contributed by atoms with Crippen LogP contribution in [0, 0.1) is 0 Å². The lowest BCUT2D eigenvalue weighted by Crippen LogP contribution is -2.14. The third-order valence-electron chi connectivity index (χ3n) is 5.90. The molecule has 6 heteroatoms.